The highest BCUT2D eigenvalue weighted by Gasteiger charge is 2.38. The van der Waals surface area contributed by atoms with Crippen molar-refractivity contribution >= 4 is 0 Å². The lowest BCUT2D eigenvalue weighted by atomic mass is 9.71. The molecule has 1 aliphatic carbocycles. The van der Waals surface area contributed by atoms with Crippen molar-refractivity contribution in [2.24, 2.45) is 11.3 Å². The predicted molar refractivity (Wildman–Crippen MR) is 66.7 cm³/mol. The molecular formula is C13H24F3NO2. The highest BCUT2D eigenvalue weighted by molar-refractivity contribution is 4.87. The monoisotopic (exact) mass is 283 g/mol. The van der Waals surface area contributed by atoms with Crippen LogP contribution in [0.4, 0.5) is 13.2 Å². The molecule has 0 aromatic heterocycles. The van der Waals surface area contributed by atoms with Gasteiger partial charge in [0, 0.05) is 25.1 Å². The molecule has 2 N–H and O–H groups in total. The zero-order chi connectivity index (χ0) is 14.5. The zero-order valence-corrected chi connectivity index (χ0v) is 11.4. The molecule has 0 amide bonds. The van der Waals surface area contributed by atoms with Gasteiger partial charge in [0.05, 0.1) is 13.2 Å². The summed E-state index contributed by atoms with van der Waals surface area (Å²) in [6.07, 6.45) is -0.873. The number of halogens is 3. The first-order valence-electron chi connectivity index (χ1n) is 6.81. The Morgan fingerprint density at radius 3 is 2.21 bits per heavy atom. The molecule has 0 atom stereocenters. The minimum Gasteiger partial charge on any atom is -0.396 e. The Morgan fingerprint density at radius 2 is 1.79 bits per heavy atom. The van der Waals surface area contributed by atoms with Crippen molar-refractivity contribution in [1.82, 2.24) is 4.90 Å². The average Bonchev–Trinajstić information content (AvgIpc) is 2.31. The summed E-state index contributed by atoms with van der Waals surface area (Å²) in [5.41, 5.74) is -0.438. The van der Waals surface area contributed by atoms with E-state index in [1.165, 1.54) is 4.90 Å². The smallest absolute Gasteiger partial charge is 0.396 e. The summed E-state index contributed by atoms with van der Waals surface area (Å²) in [6, 6.07) is 0. The van der Waals surface area contributed by atoms with E-state index in [1.54, 1.807) is 0 Å². The Balaban J connectivity index is 2.64. The van der Waals surface area contributed by atoms with Crippen molar-refractivity contribution in [2.75, 3.05) is 32.8 Å². The van der Waals surface area contributed by atoms with Gasteiger partial charge in [0.2, 0.25) is 0 Å². The van der Waals surface area contributed by atoms with Gasteiger partial charge in [0.25, 0.3) is 0 Å². The molecule has 1 aliphatic rings. The largest absolute Gasteiger partial charge is 0.401 e. The molecule has 0 spiro atoms. The van der Waals surface area contributed by atoms with Gasteiger partial charge in [-0.05, 0) is 18.8 Å². The van der Waals surface area contributed by atoms with Gasteiger partial charge in [0.15, 0.2) is 0 Å². The van der Waals surface area contributed by atoms with Crippen LogP contribution in [0.5, 0.6) is 0 Å². The van der Waals surface area contributed by atoms with Gasteiger partial charge < -0.3 is 10.2 Å². The van der Waals surface area contributed by atoms with Gasteiger partial charge in [-0.2, -0.15) is 13.2 Å². The number of hydrogen-bond donors (Lipinski definition) is 2. The zero-order valence-electron chi connectivity index (χ0n) is 11.4. The van der Waals surface area contributed by atoms with E-state index in [1.807, 2.05) is 0 Å². The maximum atomic E-state index is 12.5. The lowest BCUT2D eigenvalue weighted by Crippen LogP contribution is -2.46. The minimum absolute atomic E-state index is 0.00316. The Bertz CT molecular complexity index is 263. The van der Waals surface area contributed by atoms with Gasteiger partial charge in [-0.25, -0.2) is 0 Å². The first kappa shape index (κ1) is 16.7. The number of nitrogens with zero attached hydrogens (tertiary/aromatic N) is 1. The van der Waals surface area contributed by atoms with Crippen LogP contribution in [0.3, 0.4) is 0 Å². The maximum Gasteiger partial charge on any atom is 0.401 e. The van der Waals surface area contributed by atoms with Gasteiger partial charge in [-0.15, -0.1) is 0 Å². The Kier molecular flexibility index (Phi) is 6.08. The predicted octanol–water partition coefficient (Wildman–Crippen LogP) is 2.03. The molecule has 1 fully saturated rings. The van der Waals surface area contributed by atoms with Crippen LogP contribution in [0.1, 0.15) is 32.6 Å². The van der Waals surface area contributed by atoms with Gasteiger partial charge in [-0.3, -0.25) is 4.90 Å². The van der Waals surface area contributed by atoms with E-state index in [-0.39, 0.29) is 26.3 Å². The molecule has 0 heterocycles. The standard InChI is InChI=1S/C13H24F3NO2/c1-11-2-4-12(10-19,5-3-11)8-17(6-7-18)9-13(14,15)16/h11,18-19H,2-10H2,1H3. The number of rotatable bonds is 6. The normalized spacial score (nSPS) is 28.9. The fourth-order valence-electron chi connectivity index (χ4n) is 2.82. The van der Waals surface area contributed by atoms with Gasteiger partial charge >= 0.3 is 6.18 Å². The molecule has 0 aliphatic heterocycles. The van der Waals surface area contributed by atoms with E-state index >= 15 is 0 Å². The molecule has 6 heteroatoms. The molecule has 1 rings (SSSR count). The average molecular weight is 283 g/mol. The fourth-order valence-corrected chi connectivity index (χ4v) is 2.82. The van der Waals surface area contributed by atoms with E-state index in [4.69, 9.17) is 5.11 Å². The lowest BCUT2D eigenvalue weighted by Gasteiger charge is -2.41. The van der Waals surface area contributed by atoms with Crippen LogP contribution in [0.15, 0.2) is 0 Å². The molecule has 114 valence electrons. The van der Waals surface area contributed by atoms with Crippen molar-refractivity contribution in [3.63, 3.8) is 0 Å². The van der Waals surface area contributed by atoms with Crippen molar-refractivity contribution < 1.29 is 23.4 Å². The van der Waals surface area contributed by atoms with E-state index in [2.05, 4.69) is 6.92 Å². The van der Waals surface area contributed by atoms with Crippen molar-refractivity contribution in [3.8, 4) is 0 Å². The van der Waals surface area contributed by atoms with E-state index < -0.39 is 18.1 Å². The first-order chi connectivity index (χ1) is 8.80. The molecule has 0 bridgehead atoms. The summed E-state index contributed by atoms with van der Waals surface area (Å²) in [4.78, 5) is 1.21. The van der Waals surface area contributed by atoms with Crippen LogP contribution in [0, 0.1) is 11.3 Å². The molecule has 0 saturated heterocycles. The highest BCUT2D eigenvalue weighted by Crippen LogP contribution is 2.39. The molecule has 0 aromatic rings. The summed E-state index contributed by atoms with van der Waals surface area (Å²) in [5.74, 6) is 0.577. The Labute approximate surface area is 112 Å². The van der Waals surface area contributed by atoms with Crippen LogP contribution in [0.2, 0.25) is 0 Å². The minimum atomic E-state index is -4.27. The second kappa shape index (κ2) is 6.90. The Morgan fingerprint density at radius 1 is 1.21 bits per heavy atom. The SMILES string of the molecule is CC1CCC(CO)(CN(CCO)CC(F)(F)F)CC1. The van der Waals surface area contributed by atoms with Crippen LogP contribution in [-0.2, 0) is 0 Å². The fraction of sp³-hybridized carbons (Fsp3) is 1.00. The van der Waals surface area contributed by atoms with Crippen LogP contribution in [-0.4, -0.2) is 54.1 Å². The summed E-state index contributed by atoms with van der Waals surface area (Å²) >= 11 is 0. The molecular weight excluding hydrogens is 259 g/mol. The van der Waals surface area contributed by atoms with E-state index in [0.717, 1.165) is 25.7 Å². The molecule has 19 heavy (non-hydrogen) atoms. The van der Waals surface area contributed by atoms with Crippen LogP contribution in [0.25, 0.3) is 0 Å². The molecule has 0 unspecified atom stereocenters. The van der Waals surface area contributed by atoms with Crippen LogP contribution >= 0.6 is 0 Å². The third-order valence-corrected chi connectivity index (χ3v) is 4.05. The number of hydrogen-bond acceptors (Lipinski definition) is 3. The quantitative estimate of drug-likeness (QED) is 0.784. The van der Waals surface area contributed by atoms with Gasteiger partial charge in [0.1, 0.15) is 0 Å². The topological polar surface area (TPSA) is 43.7 Å². The molecule has 1 saturated carbocycles. The number of aliphatic hydroxyl groups excluding tert-OH is 2. The summed E-state index contributed by atoms with van der Waals surface area (Å²) in [7, 11) is 0. The molecule has 0 aromatic carbocycles. The Hall–Kier alpha value is -0.330. The van der Waals surface area contributed by atoms with Crippen molar-refractivity contribution in [1.29, 1.82) is 0 Å². The summed E-state index contributed by atoms with van der Waals surface area (Å²) < 4.78 is 37.5. The number of aliphatic hydroxyl groups is 2. The van der Waals surface area contributed by atoms with Crippen LogP contribution < -0.4 is 0 Å². The van der Waals surface area contributed by atoms with E-state index in [0.29, 0.717) is 5.92 Å². The second-order valence-corrected chi connectivity index (χ2v) is 5.89. The van der Waals surface area contributed by atoms with E-state index in [9.17, 15) is 18.3 Å². The third-order valence-electron chi connectivity index (χ3n) is 4.05. The molecule has 3 nitrogen and oxygen atoms in total. The van der Waals surface area contributed by atoms with Crippen molar-refractivity contribution in [3.05, 3.63) is 0 Å². The van der Waals surface area contributed by atoms with Gasteiger partial charge in [-0.1, -0.05) is 19.8 Å². The first-order valence-corrected chi connectivity index (χ1v) is 6.81. The third kappa shape index (κ3) is 5.67. The van der Waals surface area contributed by atoms with Crippen molar-refractivity contribution in [2.45, 2.75) is 38.8 Å². The molecule has 0 radical (unpaired) electrons. The highest BCUT2D eigenvalue weighted by atomic mass is 19.4. The maximum absolute atomic E-state index is 12.5. The lowest BCUT2D eigenvalue weighted by molar-refractivity contribution is -0.152. The summed E-state index contributed by atoms with van der Waals surface area (Å²) in [5, 5.41) is 18.5. The summed E-state index contributed by atoms with van der Waals surface area (Å²) in [6.45, 7) is 0.925. The number of alkyl halides is 3. The second-order valence-electron chi connectivity index (χ2n) is 5.89.